The number of hydrogen-bond acceptors (Lipinski definition) is 3. The van der Waals surface area contributed by atoms with Crippen LogP contribution < -0.4 is 0 Å². The largest absolute Gasteiger partial charge is 0.122 e. The van der Waals surface area contributed by atoms with Crippen LogP contribution in [-0.2, 0) is 12.8 Å². The van der Waals surface area contributed by atoms with Crippen LogP contribution in [0.15, 0.2) is 68.8 Å². The molecule has 1 aromatic heterocycles. The van der Waals surface area contributed by atoms with Crippen LogP contribution in [0.25, 0.3) is 10.4 Å². The maximum atomic E-state index is 3.17. The summed E-state index contributed by atoms with van der Waals surface area (Å²) in [7, 11) is 0.299. The van der Waals surface area contributed by atoms with Crippen molar-refractivity contribution in [1.82, 2.24) is 0 Å². The van der Waals surface area contributed by atoms with Crippen molar-refractivity contribution in [2.45, 2.75) is 25.7 Å². The summed E-state index contributed by atoms with van der Waals surface area (Å²) < 4.78 is 1.65. The van der Waals surface area contributed by atoms with E-state index in [-0.39, 0.29) is 0 Å². The smallest absolute Gasteiger partial charge is 0.109 e. The molecule has 0 spiro atoms. The number of allylic oxidation sites excluding steroid dienone is 5. The topological polar surface area (TPSA) is 0 Å². The van der Waals surface area contributed by atoms with Gasteiger partial charge < -0.3 is 0 Å². The Labute approximate surface area is 167 Å². The third-order valence-electron chi connectivity index (χ3n) is 5.36. The first-order valence-corrected chi connectivity index (χ1v) is 12.9. The van der Waals surface area contributed by atoms with E-state index in [1.165, 1.54) is 53.0 Å². The zero-order valence-electron chi connectivity index (χ0n) is 14.1. The Balaban J connectivity index is 1.53. The van der Waals surface area contributed by atoms with Crippen molar-refractivity contribution in [2.24, 2.45) is 0 Å². The minimum Gasteiger partial charge on any atom is -0.122 e. The Hall–Kier alpha value is -1.25. The molecule has 2 aromatic rings. The molecule has 3 aliphatic carbocycles. The van der Waals surface area contributed by atoms with Gasteiger partial charge in [-0.3, -0.25) is 0 Å². The van der Waals surface area contributed by atoms with Gasteiger partial charge in [0.1, 0.15) is 3.14 Å². The first-order chi connectivity index (χ1) is 12.9. The molecule has 2 heterocycles. The molecule has 4 aliphatic rings. The third kappa shape index (κ3) is 2.34. The number of hydrogen-bond donors (Lipinski definition) is 0. The predicted molar refractivity (Wildman–Crippen MR) is 118 cm³/mol. The first-order valence-electron chi connectivity index (χ1n) is 8.90. The molecule has 1 atom stereocenters. The molecule has 1 unspecified atom stereocenters. The Kier molecular flexibility index (Phi) is 3.72. The van der Waals surface area contributed by atoms with Gasteiger partial charge in [0.25, 0.3) is 0 Å². The monoisotopic (exact) mass is 408 g/mol. The van der Waals surface area contributed by atoms with E-state index >= 15 is 0 Å². The summed E-state index contributed by atoms with van der Waals surface area (Å²) in [5, 5.41) is 1.24. The number of rotatable bonds is 0. The van der Waals surface area contributed by atoms with E-state index in [0.29, 0.717) is 10.5 Å². The van der Waals surface area contributed by atoms with Crippen molar-refractivity contribution in [2.75, 3.05) is 5.08 Å². The number of benzene rings is 1. The van der Waals surface area contributed by atoms with Crippen LogP contribution in [0.2, 0.25) is 0 Å². The summed E-state index contributed by atoms with van der Waals surface area (Å²) in [5.41, 5.74) is 12.2. The van der Waals surface area contributed by atoms with E-state index in [9.17, 15) is 0 Å². The van der Waals surface area contributed by atoms with Crippen molar-refractivity contribution < 1.29 is 0 Å². The summed E-state index contributed by atoms with van der Waals surface area (Å²) in [4.78, 5) is 6.44. The lowest BCUT2D eigenvalue weighted by Crippen LogP contribution is -1.99. The van der Waals surface area contributed by atoms with Gasteiger partial charge in [-0.05, 0) is 59.4 Å². The molecule has 0 N–H and O–H groups in total. The highest BCUT2D eigenvalue weighted by molar-refractivity contribution is 8.28. The predicted octanol–water partition coefficient (Wildman–Crippen LogP) is 7.26. The second kappa shape index (κ2) is 6.14. The van der Waals surface area contributed by atoms with Gasteiger partial charge in [-0.15, -0.1) is 44.9 Å². The Morgan fingerprint density at radius 2 is 1.85 bits per heavy atom. The van der Waals surface area contributed by atoms with Gasteiger partial charge in [-0.1, -0.05) is 35.7 Å². The van der Waals surface area contributed by atoms with Crippen LogP contribution in [0.1, 0.15) is 23.3 Å². The standard InChI is InChI=1S/C22H16S4/c1-3-7-16-14(5-1)9-11-18-20(16)25-22(24-18)26-13-23-21-17-8-4-2-6-15(17)10-12-19(21)26/h1,3,5-8H,9-13H2. The average molecular weight is 409 g/mol. The number of fused-ring (bicyclic) bond motifs is 4. The van der Waals surface area contributed by atoms with Gasteiger partial charge in [0.2, 0.25) is 0 Å². The molecule has 0 nitrogen and oxygen atoms in total. The van der Waals surface area contributed by atoms with Crippen LogP contribution >= 0.6 is 44.9 Å². The fourth-order valence-corrected chi connectivity index (χ4v) is 13.0. The molecule has 6 rings (SSSR count). The van der Waals surface area contributed by atoms with E-state index in [4.69, 9.17) is 0 Å². The molecule has 26 heavy (non-hydrogen) atoms. The maximum Gasteiger partial charge on any atom is 0.109 e. The molecule has 0 saturated carbocycles. The highest BCUT2D eigenvalue weighted by Gasteiger charge is 2.29. The van der Waals surface area contributed by atoms with Crippen LogP contribution in [0, 0.1) is 3.14 Å². The van der Waals surface area contributed by atoms with Gasteiger partial charge in [0.15, 0.2) is 0 Å². The first kappa shape index (κ1) is 15.8. The fourth-order valence-electron chi connectivity index (χ4n) is 4.06. The molecule has 1 aliphatic heterocycles. The Morgan fingerprint density at radius 1 is 0.923 bits per heavy atom. The molecule has 4 heteroatoms. The summed E-state index contributed by atoms with van der Waals surface area (Å²) in [6, 6.07) is 9.00. The SMILES string of the molecule is C1=C=CC2=C(C=1)CCC1=C2SC/S1=c1/sc2c(s1)-c1ccccc1CC2. The lowest BCUT2D eigenvalue weighted by atomic mass is 9.95. The summed E-state index contributed by atoms with van der Waals surface area (Å²) in [6.07, 6.45) is 9.11. The molecular formula is C22H16S4. The van der Waals surface area contributed by atoms with Gasteiger partial charge in [-0.2, -0.15) is 0 Å². The van der Waals surface area contributed by atoms with Gasteiger partial charge in [0, 0.05) is 25.3 Å². The lowest BCUT2D eigenvalue weighted by molar-refractivity contribution is 0.961. The zero-order chi connectivity index (χ0) is 17.1. The normalized spacial score (nSPS) is 23.1. The minimum atomic E-state index is 0.299. The third-order valence-corrected chi connectivity index (χ3v) is 13.1. The molecular weight excluding hydrogens is 393 g/mol. The highest BCUT2D eigenvalue weighted by atomic mass is 32.2. The van der Waals surface area contributed by atoms with Gasteiger partial charge >= 0.3 is 0 Å². The van der Waals surface area contributed by atoms with Crippen molar-refractivity contribution in [3.05, 3.63) is 82.4 Å². The Morgan fingerprint density at radius 3 is 2.85 bits per heavy atom. The van der Waals surface area contributed by atoms with E-state index < -0.39 is 0 Å². The summed E-state index contributed by atoms with van der Waals surface area (Å²) in [6.45, 7) is 0. The second-order valence-electron chi connectivity index (χ2n) is 6.79. The van der Waals surface area contributed by atoms with Crippen molar-refractivity contribution >= 4 is 44.9 Å². The van der Waals surface area contributed by atoms with Gasteiger partial charge in [0.05, 0.1) is 0 Å². The minimum absolute atomic E-state index is 0.299. The highest BCUT2D eigenvalue weighted by Crippen LogP contribution is 2.56. The van der Waals surface area contributed by atoms with E-state index in [1.807, 2.05) is 0 Å². The average Bonchev–Trinajstić information content (AvgIpc) is 3.32. The molecule has 0 amide bonds. The molecule has 1 aromatic carbocycles. The Bertz CT molecular complexity index is 1200. The van der Waals surface area contributed by atoms with Crippen LogP contribution in [0.3, 0.4) is 0 Å². The van der Waals surface area contributed by atoms with Crippen molar-refractivity contribution in [3.8, 4) is 10.4 Å². The number of aryl methyl sites for hydroxylation is 2. The van der Waals surface area contributed by atoms with Crippen LogP contribution in [-0.4, -0.2) is 5.08 Å². The zero-order valence-corrected chi connectivity index (χ0v) is 17.4. The van der Waals surface area contributed by atoms with Gasteiger partial charge in [-0.25, -0.2) is 0 Å². The molecule has 128 valence electrons. The maximum absolute atomic E-state index is 3.17. The molecule has 0 saturated heterocycles. The van der Waals surface area contributed by atoms with E-state index in [2.05, 4.69) is 82.3 Å². The molecule has 0 fully saturated rings. The van der Waals surface area contributed by atoms with Crippen molar-refractivity contribution in [3.63, 3.8) is 0 Å². The second-order valence-corrected chi connectivity index (χ2v) is 13.0. The van der Waals surface area contributed by atoms with Crippen LogP contribution in [0.5, 0.6) is 0 Å². The fraction of sp³-hybridized carbons (Fsp3) is 0.227. The lowest BCUT2D eigenvalue weighted by Gasteiger charge is -2.18. The summed E-state index contributed by atoms with van der Waals surface area (Å²) in [5.74, 6) is 0. The van der Waals surface area contributed by atoms with Crippen molar-refractivity contribution in [1.29, 1.82) is 0 Å². The molecule has 0 radical (unpaired) electrons. The van der Waals surface area contributed by atoms with Crippen LogP contribution in [0.4, 0.5) is 0 Å². The van der Waals surface area contributed by atoms with E-state index in [1.54, 1.807) is 22.7 Å². The summed E-state index contributed by atoms with van der Waals surface area (Å²) >= 11 is 6.26. The quantitative estimate of drug-likeness (QED) is 0.326. The van der Waals surface area contributed by atoms with E-state index in [0.717, 1.165) is 0 Å². The molecule has 0 bridgehead atoms. The number of thioether (sulfide) groups is 1.